The summed E-state index contributed by atoms with van der Waals surface area (Å²) >= 11 is 0. The van der Waals surface area contributed by atoms with Crippen molar-refractivity contribution >= 4 is 17.5 Å². The number of hydrogen-bond acceptors (Lipinski definition) is 5. The van der Waals surface area contributed by atoms with Gasteiger partial charge >= 0.3 is 0 Å². The fourth-order valence-electron chi connectivity index (χ4n) is 3.57. The summed E-state index contributed by atoms with van der Waals surface area (Å²) in [5, 5.41) is 0. The number of carbonyl (C=O) groups excluding carboxylic acids is 1. The van der Waals surface area contributed by atoms with Gasteiger partial charge in [0.05, 0.1) is 5.56 Å². The summed E-state index contributed by atoms with van der Waals surface area (Å²) in [6.07, 6.45) is 4.02. The van der Waals surface area contributed by atoms with Crippen LogP contribution in [0.5, 0.6) is 0 Å². The Morgan fingerprint density at radius 1 is 0.885 bits per heavy atom. The molecule has 2 aliphatic heterocycles. The molecule has 1 aromatic carbocycles. The number of piperazine rings is 1. The predicted octanol–water partition coefficient (Wildman–Crippen LogP) is 2.18. The summed E-state index contributed by atoms with van der Waals surface area (Å²) in [5.41, 5.74) is 0.138. The van der Waals surface area contributed by atoms with Gasteiger partial charge in [-0.3, -0.25) is 4.79 Å². The molecule has 6 nitrogen and oxygen atoms in total. The molecule has 1 aromatic heterocycles. The van der Waals surface area contributed by atoms with Crippen LogP contribution in [0, 0.1) is 5.82 Å². The zero-order valence-electron chi connectivity index (χ0n) is 14.6. The van der Waals surface area contributed by atoms with E-state index in [4.69, 9.17) is 0 Å². The van der Waals surface area contributed by atoms with Gasteiger partial charge in [0.2, 0.25) is 0 Å². The Labute approximate surface area is 152 Å². The lowest BCUT2D eigenvalue weighted by Crippen LogP contribution is -2.49. The van der Waals surface area contributed by atoms with Crippen LogP contribution in [0.1, 0.15) is 23.2 Å². The highest BCUT2D eigenvalue weighted by molar-refractivity contribution is 5.94. The Hall–Kier alpha value is -2.70. The molecule has 1 amide bonds. The molecule has 0 saturated carbocycles. The first kappa shape index (κ1) is 16.8. The second-order valence-corrected chi connectivity index (χ2v) is 6.69. The minimum atomic E-state index is -0.467. The van der Waals surface area contributed by atoms with E-state index < -0.39 is 5.82 Å². The van der Waals surface area contributed by atoms with Crippen LogP contribution in [0.2, 0.25) is 0 Å². The largest absolute Gasteiger partial charge is 0.356 e. The average molecular weight is 355 g/mol. The summed E-state index contributed by atoms with van der Waals surface area (Å²) in [7, 11) is 0. The average Bonchev–Trinajstić information content (AvgIpc) is 3.23. The van der Waals surface area contributed by atoms with Crippen molar-refractivity contribution in [1.29, 1.82) is 0 Å². The van der Waals surface area contributed by atoms with Gasteiger partial charge in [-0.05, 0) is 25.0 Å². The third kappa shape index (κ3) is 3.34. The third-order valence-corrected chi connectivity index (χ3v) is 5.06. The molecule has 4 rings (SSSR count). The lowest BCUT2D eigenvalue weighted by molar-refractivity contribution is 0.0742. The van der Waals surface area contributed by atoms with E-state index in [0.29, 0.717) is 26.2 Å². The summed E-state index contributed by atoms with van der Waals surface area (Å²) in [6, 6.07) is 8.17. The molecule has 26 heavy (non-hydrogen) atoms. The maximum absolute atomic E-state index is 13.8. The van der Waals surface area contributed by atoms with E-state index in [-0.39, 0.29) is 11.5 Å². The van der Waals surface area contributed by atoms with E-state index in [1.165, 1.54) is 25.0 Å². The number of anilines is 2. The standard InChI is InChI=1S/C19H22FN5O/c20-16-6-2-1-5-15(16)19(26)25-11-9-24(10-12-25)18-13-17(21-14-22-18)23-7-3-4-8-23/h1-2,5-6,13-14H,3-4,7-12H2. The molecular formula is C19H22FN5O. The molecule has 2 aromatic rings. The molecule has 0 bridgehead atoms. The number of hydrogen-bond donors (Lipinski definition) is 0. The van der Waals surface area contributed by atoms with Gasteiger partial charge in [0.15, 0.2) is 0 Å². The highest BCUT2D eigenvalue weighted by Crippen LogP contribution is 2.22. The van der Waals surface area contributed by atoms with Crippen LogP contribution < -0.4 is 9.80 Å². The van der Waals surface area contributed by atoms with Crippen molar-refractivity contribution in [3.63, 3.8) is 0 Å². The number of halogens is 1. The van der Waals surface area contributed by atoms with Crippen molar-refractivity contribution in [1.82, 2.24) is 14.9 Å². The Balaban J connectivity index is 1.41. The van der Waals surface area contributed by atoms with E-state index in [9.17, 15) is 9.18 Å². The minimum absolute atomic E-state index is 0.138. The summed E-state index contributed by atoms with van der Waals surface area (Å²) in [5.74, 6) is 1.14. The minimum Gasteiger partial charge on any atom is -0.356 e. The van der Waals surface area contributed by atoms with Gasteiger partial charge in [0.25, 0.3) is 5.91 Å². The van der Waals surface area contributed by atoms with Crippen LogP contribution in [0.25, 0.3) is 0 Å². The van der Waals surface area contributed by atoms with Crippen LogP contribution in [0.15, 0.2) is 36.7 Å². The van der Waals surface area contributed by atoms with Gasteiger partial charge in [-0.2, -0.15) is 0 Å². The quantitative estimate of drug-likeness (QED) is 0.845. The van der Waals surface area contributed by atoms with Gasteiger partial charge in [-0.25, -0.2) is 14.4 Å². The summed E-state index contributed by atoms with van der Waals surface area (Å²) in [6.45, 7) is 4.54. The number of aromatic nitrogens is 2. The van der Waals surface area contributed by atoms with Crippen molar-refractivity contribution in [3.05, 3.63) is 48.0 Å². The normalized spacial score (nSPS) is 17.7. The zero-order chi connectivity index (χ0) is 17.9. The Bertz CT molecular complexity index is 785. The van der Waals surface area contributed by atoms with Gasteiger partial charge in [0.1, 0.15) is 23.8 Å². The van der Waals surface area contributed by atoms with Crippen molar-refractivity contribution in [2.24, 2.45) is 0 Å². The van der Waals surface area contributed by atoms with E-state index in [2.05, 4.69) is 19.8 Å². The Morgan fingerprint density at radius 2 is 1.50 bits per heavy atom. The Morgan fingerprint density at radius 3 is 2.15 bits per heavy atom. The summed E-state index contributed by atoms with van der Waals surface area (Å²) in [4.78, 5) is 27.5. The number of nitrogens with zero attached hydrogens (tertiary/aromatic N) is 5. The first-order valence-corrected chi connectivity index (χ1v) is 9.08. The molecule has 0 N–H and O–H groups in total. The van der Waals surface area contributed by atoms with E-state index in [1.807, 2.05) is 6.07 Å². The lowest BCUT2D eigenvalue weighted by Gasteiger charge is -2.35. The van der Waals surface area contributed by atoms with Crippen molar-refractivity contribution in [3.8, 4) is 0 Å². The molecule has 2 saturated heterocycles. The molecule has 0 aliphatic carbocycles. The second-order valence-electron chi connectivity index (χ2n) is 6.69. The van der Waals surface area contributed by atoms with Crippen LogP contribution in [-0.2, 0) is 0 Å². The zero-order valence-corrected chi connectivity index (χ0v) is 14.6. The molecule has 136 valence electrons. The molecular weight excluding hydrogens is 333 g/mol. The monoisotopic (exact) mass is 355 g/mol. The molecule has 3 heterocycles. The fraction of sp³-hybridized carbons (Fsp3) is 0.421. The van der Waals surface area contributed by atoms with Gasteiger partial charge in [-0.1, -0.05) is 12.1 Å². The Kier molecular flexibility index (Phi) is 4.69. The highest BCUT2D eigenvalue weighted by atomic mass is 19.1. The molecule has 2 aliphatic rings. The first-order valence-electron chi connectivity index (χ1n) is 9.08. The lowest BCUT2D eigenvalue weighted by atomic mass is 10.1. The van der Waals surface area contributed by atoms with E-state index in [0.717, 1.165) is 24.7 Å². The number of rotatable bonds is 3. The van der Waals surface area contributed by atoms with E-state index in [1.54, 1.807) is 23.4 Å². The third-order valence-electron chi connectivity index (χ3n) is 5.06. The van der Waals surface area contributed by atoms with Gasteiger partial charge in [-0.15, -0.1) is 0 Å². The molecule has 7 heteroatoms. The number of amides is 1. The first-order chi connectivity index (χ1) is 12.7. The van der Waals surface area contributed by atoms with Crippen molar-refractivity contribution in [2.75, 3.05) is 49.1 Å². The molecule has 2 fully saturated rings. The van der Waals surface area contributed by atoms with Crippen LogP contribution in [-0.4, -0.2) is 60.0 Å². The molecule has 0 unspecified atom stereocenters. The topological polar surface area (TPSA) is 52.6 Å². The van der Waals surface area contributed by atoms with Crippen molar-refractivity contribution in [2.45, 2.75) is 12.8 Å². The summed E-state index contributed by atoms with van der Waals surface area (Å²) < 4.78 is 13.8. The smallest absolute Gasteiger partial charge is 0.256 e. The molecule has 0 spiro atoms. The fourth-order valence-corrected chi connectivity index (χ4v) is 3.57. The van der Waals surface area contributed by atoms with Crippen LogP contribution >= 0.6 is 0 Å². The maximum Gasteiger partial charge on any atom is 0.256 e. The predicted molar refractivity (Wildman–Crippen MR) is 98.0 cm³/mol. The number of carbonyl (C=O) groups is 1. The maximum atomic E-state index is 13.8. The van der Waals surface area contributed by atoms with Crippen LogP contribution in [0.4, 0.5) is 16.0 Å². The SMILES string of the molecule is O=C(c1ccccc1F)N1CCN(c2cc(N3CCCC3)ncn2)CC1. The molecule has 0 atom stereocenters. The number of benzene rings is 1. The van der Waals surface area contributed by atoms with E-state index >= 15 is 0 Å². The second kappa shape index (κ2) is 7.27. The van der Waals surface area contributed by atoms with Gasteiger partial charge in [0, 0.05) is 45.3 Å². The van der Waals surface area contributed by atoms with Crippen LogP contribution in [0.3, 0.4) is 0 Å². The molecule has 0 radical (unpaired) electrons. The highest BCUT2D eigenvalue weighted by Gasteiger charge is 2.25. The van der Waals surface area contributed by atoms with Gasteiger partial charge < -0.3 is 14.7 Å². The van der Waals surface area contributed by atoms with Crippen molar-refractivity contribution < 1.29 is 9.18 Å².